The van der Waals surface area contributed by atoms with Gasteiger partial charge in [0.25, 0.3) is 0 Å². The third-order valence-electron chi connectivity index (χ3n) is 5.75. The molecule has 32 heavy (non-hydrogen) atoms. The summed E-state index contributed by atoms with van der Waals surface area (Å²) in [7, 11) is 0. The minimum absolute atomic E-state index is 0.0110. The number of pyridine rings is 1. The second kappa shape index (κ2) is 8.23. The average Bonchev–Trinajstić information content (AvgIpc) is 3.43. The van der Waals surface area contributed by atoms with E-state index in [0.29, 0.717) is 36.4 Å². The number of ether oxygens (including phenoxy) is 2. The van der Waals surface area contributed by atoms with Gasteiger partial charge in [0.15, 0.2) is 0 Å². The van der Waals surface area contributed by atoms with Gasteiger partial charge < -0.3 is 9.47 Å². The first-order chi connectivity index (χ1) is 15.4. The lowest BCUT2D eigenvalue weighted by Crippen LogP contribution is -2.09. The molecule has 0 bridgehead atoms. The fraction of sp³-hybridized carbons (Fsp3) is 0.296. The van der Waals surface area contributed by atoms with Crippen molar-refractivity contribution >= 4 is 11.8 Å². The van der Waals surface area contributed by atoms with Crippen LogP contribution in [0.15, 0.2) is 64.6 Å². The molecule has 0 N–H and O–H groups in total. The predicted octanol–water partition coefficient (Wildman–Crippen LogP) is 5.35. The molecule has 0 amide bonds. The second-order valence-corrected chi connectivity index (χ2v) is 8.77. The number of aromatic nitrogens is 1. The van der Waals surface area contributed by atoms with Crippen molar-refractivity contribution in [2.24, 2.45) is 9.98 Å². The monoisotopic (exact) mass is 425 g/mol. The molecule has 5 nitrogen and oxygen atoms in total. The molecule has 0 aliphatic carbocycles. The molecule has 0 radical (unpaired) electrons. The van der Waals surface area contributed by atoms with E-state index in [1.54, 1.807) is 0 Å². The van der Waals surface area contributed by atoms with E-state index in [9.17, 15) is 0 Å². The molecule has 0 unspecified atom stereocenters. The van der Waals surface area contributed by atoms with Gasteiger partial charge in [-0.05, 0) is 51.0 Å². The van der Waals surface area contributed by atoms with Crippen LogP contribution in [0.25, 0.3) is 0 Å². The van der Waals surface area contributed by atoms with Gasteiger partial charge in [-0.15, -0.1) is 0 Å². The third-order valence-corrected chi connectivity index (χ3v) is 5.75. The summed E-state index contributed by atoms with van der Waals surface area (Å²) in [5, 5.41) is 0. The van der Waals surface area contributed by atoms with Crippen LogP contribution >= 0.6 is 0 Å². The lowest BCUT2D eigenvalue weighted by Gasteiger charge is -2.07. The standard InChI is InChI=1S/C27H27N3O2/c1-16-8-17(2)11-20(10-16)24-14-31-26(29-24)22-6-5-7-23(28-22)27-30-25(15-32-27)21-12-18(3)9-19(4)13-21/h5-13,24-25H,14-15H2,1-4H3/t24-,25-/m1/s1. The van der Waals surface area contributed by atoms with Crippen molar-refractivity contribution in [2.75, 3.05) is 13.2 Å². The second-order valence-electron chi connectivity index (χ2n) is 8.77. The van der Waals surface area contributed by atoms with Gasteiger partial charge in [0.05, 0.1) is 0 Å². The molecule has 5 heteroatoms. The molecule has 2 aromatic carbocycles. The molecule has 2 aliphatic rings. The van der Waals surface area contributed by atoms with Crippen LogP contribution < -0.4 is 0 Å². The number of nitrogens with zero attached hydrogens (tertiary/aromatic N) is 3. The van der Waals surface area contributed by atoms with Gasteiger partial charge in [-0.1, -0.05) is 64.7 Å². The summed E-state index contributed by atoms with van der Waals surface area (Å²) in [5.41, 5.74) is 8.70. The van der Waals surface area contributed by atoms with E-state index in [4.69, 9.17) is 24.4 Å². The van der Waals surface area contributed by atoms with Crippen molar-refractivity contribution in [3.05, 3.63) is 99.4 Å². The molecule has 162 valence electrons. The van der Waals surface area contributed by atoms with Crippen LogP contribution in [0.4, 0.5) is 0 Å². The van der Waals surface area contributed by atoms with Gasteiger partial charge in [-0.25, -0.2) is 15.0 Å². The van der Waals surface area contributed by atoms with E-state index < -0.39 is 0 Å². The van der Waals surface area contributed by atoms with E-state index in [1.165, 1.54) is 33.4 Å². The first-order valence-electron chi connectivity index (χ1n) is 11.0. The number of hydrogen-bond donors (Lipinski definition) is 0. The van der Waals surface area contributed by atoms with E-state index in [-0.39, 0.29) is 12.1 Å². The van der Waals surface area contributed by atoms with Crippen molar-refractivity contribution in [3.63, 3.8) is 0 Å². The summed E-state index contributed by atoms with van der Waals surface area (Å²) in [6, 6.07) is 18.8. The molecule has 0 saturated carbocycles. The largest absolute Gasteiger partial charge is 0.474 e. The normalized spacial score (nSPS) is 19.9. The summed E-state index contributed by atoms with van der Waals surface area (Å²) in [4.78, 5) is 14.4. The summed E-state index contributed by atoms with van der Waals surface area (Å²) in [6.45, 7) is 9.48. The maximum Gasteiger partial charge on any atom is 0.236 e. The highest BCUT2D eigenvalue weighted by Gasteiger charge is 2.26. The molecule has 2 atom stereocenters. The highest BCUT2D eigenvalue weighted by atomic mass is 16.5. The summed E-state index contributed by atoms with van der Waals surface area (Å²) in [6.07, 6.45) is 0. The topological polar surface area (TPSA) is 56.1 Å². The molecule has 0 spiro atoms. The van der Waals surface area contributed by atoms with Gasteiger partial charge in [0.2, 0.25) is 11.8 Å². The number of aliphatic imine (C=N–C) groups is 2. The molecule has 3 heterocycles. The number of hydrogen-bond acceptors (Lipinski definition) is 5. The van der Waals surface area contributed by atoms with Gasteiger partial charge >= 0.3 is 0 Å². The highest BCUT2D eigenvalue weighted by molar-refractivity contribution is 5.97. The van der Waals surface area contributed by atoms with Crippen LogP contribution in [0.2, 0.25) is 0 Å². The molecule has 0 saturated heterocycles. The highest BCUT2D eigenvalue weighted by Crippen LogP contribution is 2.28. The summed E-state index contributed by atoms with van der Waals surface area (Å²) in [5.74, 6) is 1.14. The smallest absolute Gasteiger partial charge is 0.236 e. The Morgan fingerprint density at radius 2 is 1.03 bits per heavy atom. The molecule has 0 fully saturated rings. The first-order valence-corrected chi connectivity index (χ1v) is 11.0. The van der Waals surface area contributed by atoms with Gasteiger partial charge in [-0.2, -0.15) is 0 Å². The Kier molecular flexibility index (Phi) is 5.25. The maximum absolute atomic E-state index is 5.93. The quantitative estimate of drug-likeness (QED) is 0.566. The van der Waals surface area contributed by atoms with Crippen molar-refractivity contribution in [3.8, 4) is 0 Å². The minimum atomic E-state index is -0.0110. The van der Waals surface area contributed by atoms with Crippen LogP contribution in [0, 0.1) is 27.7 Å². The fourth-order valence-electron chi connectivity index (χ4n) is 4.45. The molecular weight excluding hydrogens is 398 g/mol. The molecule has 3 aromatic rings. The maximum atomic E-state index is 5.93. The Hall–Kier alpha value is -3.47. The molecular formula is C27H27N3O2. The van der Waals surface area contributed by atoms with Gasteiger partial charge in [-0.3, -0.25) is 0 Å². The van der Waals surface area contributed by atoms with Crippen LogP contribution in [-0.4, -0.2) is 30.0 Å². The van der Waals surface area contributed by atoms with Crippen molar-refractivity contribution < 1.29 is 9.47 Å². The van der Waals surface area contributed by atoms with Gasteiger partial charge in [0, 0.05) is 0 Å². The van der Waals surface area contributed by atoms with E-state index in [2.05, 4.69) is 64.1 Å². The van der Waals surface area contributed by atoms with E-state index in [0.717, 1.165) is 0 Å². The van der Waals surface area contributed by atoms with Gasteiger partial charge in [0.1, 0.15) is 36.7 Å². The van der Waals surface area contributed by atoms with Crippen molar-refractivity contribution in [1.82, 2.24) is 4.98 Å². The molecule has 5 rings (SSSR count). The lowest BCUT2D eigenvalue weighted by molar-refractivity contribution is 0.317. The Morgan fingerprint density at radius 1 is 0.625 bits per heavy atom. The SMILES string of the molecule is Cc1cc(C)cc([C@H]2COC(c3cccc(C4=N[C@@H](c5cc(C)cc(C)c5)CO4)n3)=N2)c1. The van der Waals surface area contributed by atoms with Crippen molar-refractivity contribution in [2.45, 2.75) is 39.8 Å². The molecule has 2 aliphatic heterocycles. The summed E-state index contributed by atoms with van der Waals surface area (Å²) >= 11 is 0. The Balaban J connectivity index is 1.39. The van der Waals surface area contributed by atoms with Crippen LogP contribution in [0.3, 0.4) is 0 Å². The Labute approximate surface area is 188 Å². The fourth-order valence-corrected chi connectivity index (χ4v) is 4.45. The molecule has 1 aromatic heterocycles. The van der Waals surface area contributed by atoms with E-state index in [1.807, 2.05) is 18.2 Å². The zero-order valence-corrected chi connectivity index (χ0v) is 18.9. The van der Waals surface area contributed by atoms with E-state index >= 15 is 0 Å². The summed E-state index contributed by atoms with van der Waals surface area (Å²) < 4.78 is 11.9. The zero-order valence-electron chi connectivity index (χ0n) is 18.9. The predicted molar refractivity (Wildman–Crippen MR) is 127 cm³/mol. The lowest BCUT2D eigenvalue weighted by atomic mass is 10.0. The number of aryl methyl sites for hydroxylation is 4. The number of rotatable bonds is 4. The first kappa shape index (κ1) is 20.4. The minimum Gasteiger partial charge on any atom is -0.474 e. The zero-order chi connectivity index (χ0) is 22.2. The van der Waals surface area contributed by atoms with Crippen molar-refractivity contribution in [1.29, 1.82) is 0 Å². The Morgan fingerprint density at radius 3 is 1.44 bits per heavy atom. The third kappa shape index (κ3) is 4.15. The van der Waals surface area contributed by atoms with Crippen LogP contribution in [-0.2, 0) is 9.47 Å². The Bertz CT molecular complexity index is 1110. The van der Waals surface area contributed by atoms with Crippen LogP contribution in [0.5, 0.6) is 0 Å². The average molecular weight is 426 g/mol. The number of benzene rings is 2. The van der Waals surface area contributed by atoms with Crippen LogP contribution in [0.1, 0.15) is 56.9 Å².